The lowest BCUT2D eigenvalue weighted by Crippen LogP contribution is -2.33. The summed E-state index contributed by atoms with van der Waals surface area (Å²) in [7, 11) is -4.21. The van der Waals surface area contributed by atoms with Gasteiger partial charge in [-0.3, -0.25) is 9.78 Å². The Bertz CT molecular complexity index is 1380. The van der Waals surface area contributed by atoms with Gasteiger partial charge in [0.25, 0.3) is 15.9 Å². The van der Waals surface area contributed by atoms with Gasteiger partial charge in [0.2, 0.25) is 5.88 Å². The summed E-state index contributed by atoms with van der Waals surface area (Å²) >= 11 is 0. The zero-order chi connectivity index (χ0) is 25.4. The van der Waals surface area contributed by atoms with Gasteiger partial charge >= 0.3 is 0 Å². The maximum atomic E-state index is 13.3. The average molecular weight is 508 g/mol. The van der Waals surface area contributed by atoms with Crippen molar-refractivity contribution in [2.45, 2.75) is 56.6 Å². The van der Waals surface area contributed by atoms with Crippen LogP contribution in [-0.2, 0) is 10.0 Å². The number of nitrogen functional groups attached to an aromatic ring is 1. The van der Waals surface area contributed by atoms with E-state index in [1.807, 2.05) is 12.1 Å². The van der Waals surface area contributed by atoms with Crippen LogP contribution in [0.15, 0.2) is 53.7 Å². The molecule has 36 heavy (non-hydrogen) atoms. The Morgan fingerprint density at radius 2 is 1.75 bits per heavy atom. The van der Waals surface area contributed by atoms with Gasteiger partial charge < -0.3 is 10.5 Å². The number of sulfonamides is 1. The van der Waals surface area contributed by atoms with Crippen LogP contribution >= 0.6 is 0 Å². The molecule has 0 spiro atoms. The number of rotatable bonds is 7. The number of carbonyl (C=O) groups is 1. The van der Waals surface area contributed by atoms with E-state index in [1.165, 1.54) is 18.2 Å². The lowest BCUT2D eigenvalue weighted by Gasteiger charge is -2.23. The van der Waals surface area contributed by atoms with Crippen molar-refractivity contribution in [2.75, 3.05) is 5.73 Å². The number of nitrogens with two attached hydrogens (primary N) is 1. The highest BCUT2D eigenvalue weighted by atomic mass is 32.2. The third kappa shape index (κ3) is 5.04. The second kappa shape index (κ2) is 9.50. The van der Waals surface area contributed by atoms with Gasteiger partial charge in [0.1, 0.15) is 11.9 Å². The molecule has 9 nitrogen and oxygen atoms in total. The lowest BCUT2D eigenvalue weighted by molar-refractivity contribution is 0.0979. The Morgan fingerprint density at radius 1 is 1.00 bits per heavy atom. The molecule has 0 aliphatic heterocycles. The highest BCUT2D eigenvalue weighted by molar-refractivity contribution is 7.90. The number of ether oxygens (including phenoxy) is 1. The van der Waals surface area contributed by atoms with Gasteiger partial charge in [0.15, 0.2) is 5.03 Å². The summed E-state index contributed by atoms with van der Waals surface area (Å²) in [6, 6.07) is 11.3. The van der Waals surface area contributed by atoms with E-state index < -0.39 is 15.9 Å². The molecule has 5 rings (SSSR count). The van der Waals surface area contributed by atoms with Crippen molar-refractivity contribution in [2.24, 2.45) is 11.8 Å². The number of aromatic nitrogens is 3. The van der Waals surface area contributed by atoms with Crippen molar-refractivity contribution in [1.82, 2.24) is 19.7 Å². The Balaban J connectivity index is 1.48. The Labute approximate surface area is 210 Å². The Morgan fingerprint density at radius 3 is 2.39 bits per heavy atom. The van der Waals surface area contributed by atoms with E-state index in [9.17, 15) is 13.2 Å². The predicted molar refractivity (Wildman–Crippen MR) is 135 cm³/mol. The van der Waals surface area contributed by atoms with Gasteiger partial charge in [-0.1, -0.05) is 19.9 Å². The number of amides is 1. The molecule has 2 aliphatic rings. The topological polar surface area (TPSA) is 137 Å². The molecule has 3 N–H and O–H groups in total. The van der Waals surface area contributed by atoms with E-state index in [2.05, 4.69) is 28.5 Å². The van der Waals surface area contributed by atoms with Crippen LogP contribution in [0, 0.1) is 11.8 Å². The summed E-state index contributed by atoms with van der Waals surface area (Å²) in [6.45, 7) is 4.28. The van der Waals surface area contributed by atoms with Gasteiger partial charge in [0.05, 0.1) is 17.0 Å². The zero-order valence-corrected chi connectivity index (χ0v) is 21.0. The number of carbonyl (C=O) groups excluding carboxylic acids is 1. The van der Waals surface area contributed by atoms with Crippen LogP contribution in [0.3, 0.4) is 0 Å². The molecule has 3 aromatic heterocycles. The normalized spacial score (nSPS) is 21.8. The quantitative estimate of drug-likeness (QED) is 0.491. The summed E-state index contributed by atoms with van der Waals surface area (Å²) in [6.07, 6.45) is 6.10. The van der Waals surface area contributed by atoms with E-state index in [0.717, 1.165) is 31.2 Å². The fourth-order valence-electron chi connectivity index (χ4n) is 4.83. The first-order chi connectivity index (χ1) is 17.2. The molecule has 3 heterocycles. The first-order valence-corrected chi connectivity index (χ1v) is 13.6. The molecule has 0 radical (unpaired) electrons. The van der Waals surface area contributed by atoms with Gasteiger partial charge in [-0.25, -0.2) is 14.7 Å². The molecule has 3 atom stereocenters. The standard InChI is InChI=1S/C26H29N5O4S/c1-15-6-7-16(2)24(15)25-19(26(32)31-36(33,34)23-5-3-4-21(27)30-23)11-12-20(29-25)17-8-13-22(28-14-17)35-18-9-10-18/h3-5,8,11-16,18,24H,6-7,9-10H2,1-2H3,(H2,27,30)(H,31,32)/t15-,16+,24?. The molecule has 1 unspecified atom stereocenters. The molecule has 188 valence electrons. The van der Waals surface area contributed by atoms with E-state index >= 15 is 0 Å². The average Bonchev–Trinajstić information content (AvgIpc) is 3.60. The van der Waals surface area contributed by atoms with Crippen molar-refractivity contribution in [3.05, 3.63) is 59.9 Å². The van der Waals surface area contributed by atoms with Crippen molar-refractivity contribution >= 4 is 21.7 Å². The SMILES string of the molecule is C[C@@H]1CC[C@H](C)C1c1nc(-c2ccc(OC3CC3)nc2)ccc1C(=O)NS(=O)(=O)c1cccc(N)n1. The highest BCUT2D eigenvalue weighted by Crippen LogP contribution is 2.44. The molecule has 2 saturated carbocycles. The van der Waals surface area contributed by atoms with Gasteiger partial charge in [-0.2, -0.15) is 8.42 Å². The summed E-state index contributed by atoms with van der Waals surface area (Å²) < 4.78 is 33.6. The molecule has 0 aromatic carbocycles. The van der Waals surface area contributed by atoms with Crippen LogP contribution < -0.4 is 15.2 Å². The van der Waals surface area contributed by atoms with Crippen LogP contribution in [-0.4, -0.2) is 35.4 Å². The summed E-state index contributed by atoms with van der Waals surface area (Å²) in [5.41, 5.74) is 7.92. The first-order valence-electron chi connectivity index (χ1n) is 12.1. The first kappa shape index (κ1) is 24.2. The maximum Gasteiger partial charge on any atom is 0.281 e. The lowest BCUT2D eigenvalue weighted by atomic mass is 9.85. The fraction of sp³-hybridized carbons (Fsp3) is 0.385. The van der Waals surface area contributed by atoms with E-state index in [1.54, 1.807) is 18.3 Å². The third-order valence-electron chi connectivity index (χ3n) is 6.88. The smallest absolute Gasteiger partial charge is 0.281 e. The largest absolute Gasteiger partial charge is 0.474 e. The minimum atomic E-state index is -4.21. The zero-order valence-electron chi connectivity index (χ0n) is 20.2. The number of nitrogens with zero attached hydrogens (tertiary/aromatic N) is 3. The molecular weight excluding hydrogens is 478 g/mol. The Hall–Kier alpha value is -3.53. The van der Waals surface area contributed by atoms with Crippen LogP contribution in [0.2, 0.25) is 0 Å². The molecule has 2 aliphatic carbocycles. The highest BCUT2D eigenvalue weighted by Gasteiger charge is 2.36. The number of anilines is 1. The summed E-state index contributed by atoms with van der Waals surface area (Å²) in [5.74, 6) is 0.502. The number of hydrogen-bond donors (Lipinski definition) is 2. The minimum Gasteiger partial charge on any atom is -0.474 e. The van der Waals surface area contributed by atoms with Crippen LogP contribution in [0.1, 0.15) is 61.5 Å². The minimum absolute atomic E-state index is 0.0179. The van der Waals surface area contributed by atoms with Crippen LogP contribution in [0.5, 0.6) is 5.88 Å². The summed E-state index contributed by atoms with van der Waals surface area (Å²) in [5, 5.41) is -0.316. The molecule has 10 heteroatoms. The monoisotopic (exact) mass is 507 g/mol. The molecule has 2 fully saturated rings. The fourth-order valence-corrected chi connectivity index (χ4v) is 5.78. The molecule has 3 aromatic rings. The van der Waals surface area contributed by atoms with Crippen LogP contribution in [0.4, 0.5) is 5.82 Å². The second-order valence-electron chi connectivity index (χ2n) is 9.72. The molecule has 0 bridgehead atoms. The number of hydrogen-bond acceptors (Lipinski definition) is 8. The van der Waals surface area contributed by atoms with Gasteiger partial charge in [-0.15, -0.1) is 0 Å². The predicted octanol–water partition coefficient (Wildman–Crippen LogP) is 3.93. The third-order valence-corrected chi connectivity index (χ3v) is 8.11. The Kier molecular flexibility index (Phi) is 6.38. The van der Waals surface area contributed by atoms with Gasteiger partial charge in [-0.05, 0) is 67.9 Å². The van der Waals surface area contributed by atoms with Crippen molar-refractivity contribution in [3.63, 3.8) is 0 Å². The van der Waals surface area contributed by atoms with E-state index in [4.69, 9.17) is 15.5 Å². The number of pyridine rings is 3. The second-order valence-corrected chi connectivity index (χ2v) is 11.4. The van der Waals surface area contributed by atoms with Crippen molar-refractivity contribution < 1.29 is 17.9 Å². The van der Waals surface area contributed by atoms with Gasteiger partial charge in [0, 0.05) is 23.7 Å². The van der Waals surface area contributed by atoms with Crippen LogP contribution in [0.25, 0.3) is 11.3 Å². The molecule has 1 amide bonds. The van der Waals surface area contributed by atoms with Crippen molar-refractivity contribution in [1.29, 1.82) is 0 Å². The van der Waals surface area contributed by atoms with E-state index in [-0.39, 0.29) is 28.4 Å². The molecular formula is C26H29N5O4S. The van der Waals surface area contributed by atoms with Crippen molar-refractivity contribution in [3.8, 4) is 17.1 Å². The number of nitrogens with one attached hydrogen (secondary N) is 1. The van der Waals surface area contributed by atoms with E-state index in [0.29, 0.717) is 29.1 Å². The summed E-state index contributed by atoms with van der Waals surface area (Å²) in [4.78, 5) is 26.4. The molecule has 0 saturated heterocycles. The maximum absolute atomic E-state index is 13.3.